The van der Waals surface area contributed by atoms with E-state index in [9.17, 15) is 0 Å². The van der Waals surface area contributed by atoms with Crippen LogP contribution < -0.4 is 10.2 Å². The van der Waals surface area contributed by atoms with Gasteiger partial charge in [-0.05, 0) is 49.9 Å². The van der Waals surface area contributed by atoms with Gasteiger partial charge in [-0.1, -0.05) is 26.2 Å². The van der Waals surface area contributed by atoms with Crippen molar-refractivity contribution in [2.45, 2.75) is 52.0 Å². The number of likely N-dealkylation sites (N-methyl/N-ethyl adjacent to an activating group) is 1. The molecule has 2 N–H and O–H groups in total. The molecule has 2 unspecified atom stereocenters. The Balaban J connectivity index is 1.98. The SMILES string of the molecule is CCC1CCCCC1Nc1ccc(N(CC)CCO)cc1. The van der Waals surface area contributed by atoms with Crippen LogP contribution in [-0.4, -0.2) is 30.8 Å². The van der Waals surface area contributed by atoms with Gasteiger partial charge in [-0.2, -0.15) is 0 Å². The monoisotopic (exact) mass is 290 g/mol. The van der Waals surface area contributed by atoms with Crippen LogP contribution in [0.2, 0.25) is 0 Å². The van der Waals surface area contributed by atoms with Crippen molar-refractivity contribution in [1.29, 1.82) is 0 Å². The Bertz CT molecular complexity index is 404. The third-order valence-corrected chi connectivity index (χ3v) is 4.77. The van der Waals surface area contributed by atoms with Gasteiger partial charge in [-0.15, -0.1) is 0 Å². The highest BCUT2D eigenvalue weighted by atomic mass is 16.3. The van der Waals surface area contributed by atoms with Crippen LogP contribution in [0.5, 0.6) is 0 Å². The summed E-state index contributed by atoms with van der Waals surface area (Å²) in [6, 6.07) is 9.30. The maximum Gasteiger partial charge on any atom is 0.0606 e. The summed E-state index contributed by atoms with van der Waals surface area (Å²) in [7, 11) is 0. The number of aliphatic hydroxyl groups excluding tert-OH is 1. The molecule has 118 valence electrons. The first kappa shape index (κ1) is 16.2. The lowest BCUT2D eigenvalue weighted by molar-refractivity contribution is 0.302. The highest BCUT2D eigenvalue weighted by Gasteiger charge is 2.23. The van der Waals surface area contributed by atoms with Crippen LogP contribution in [-0.2, 0) is 0 Å². The predicted octanol–water partition coefficient (Wildman–Crippen LogP) is 3.89. The van der Waals surface area contributed by atoms with Gasteiger partial charge >= 0.3 is 0 Å². The van der Waals surface area contributed by atoms with Crippen molar-refractivity contribution in [3.05, 3.63) is 24.3 Å². The molecule has 3 heteroatoms. The summed E-state index contributed by atoms with van der Waals surface area (Å²) >= 11 is 0. The van der Waals surface area contributed by atoms with Crippen LogP contribution in [0.3, 0.4) is 0 Å². The molecule has 0 saturated heterocycles. The molecule has 1 fully saturated rings. The lowest BCUT2D eigenvalue weighted by atomic mass is 9.83. The highest BCUT2D eigenvalue weighted by Crippen LogP contribution is 2.29. The first-order chi connectivity index (χ1) is 10.3. The number of hydrogen-bond donors (Lipinski definition) is 2. The minimum atomic E-state index is 0.202. The Morgan fingerprint density at radius 2 is 1.86 bits per heavy atom. The Labute approximate surface area is 129 Å². The van der Waals surface area contributed by atoms with E-state index in [1.807, 2.05) is 0 Å². The molecular weight excluding hydrogens is 260 g/mol. The molecule has 1 aliphatic rings. The number of rotatable bonds is 7. The zero-order valence-electron chi connectivity index (χ0n) is 13.5. The van der Waals surface area contributed by atoms with Crippen LogP contribution in [0.4, 0.5) is 11.4 Å². The molecule has 0 aliphatic heterocycles. The zero-order chi connectivity index (χ0) is 15.1. The van der Waals surface area contributed by atoms with Gasteiger partial charge in [0.2, 0.25) is 0 Å². The van der Waals surface area contributed by atoms with E-state index >= 15 is 0 Å². The van der Waals surface area contributed by atoms with Gasteiger partial charge < -0.3 is 15.3 Å². The van der Waals surface area contributed by atoms with Crippen molar-refractivity contribution in [3.63, 3.8) is 0 Å². The van der Waals surface area contributed by atoms with Gasteiger partial charge in [0.15, 0.2) is 0 Å². The van der Waals surface area contributed by atoms with Crippen LogP contribution in [0.15, 0.2) is 24.3 Å². The molecule has 1 aliphatic carbocycles. The van der Waals surface area contributed by atoms with E-state index in [0.717, 1.165) is 12.5 Å². The molecule has 0 spiro atoms. The van der Waals surface area contributed by atoms with E-state index in [1.165, 1.54) is 43.5 Å². The van der Waals surface area contributed by atoms with Crippen molar-refractivity contribution in [1.82, 2.24) is 0 Å². The average Bonchev–Trinajstić information content (AvgIpc) is 2.54. The second-order valence-electron chi connectivity index (χ2n) is 6.05. The van der Waals surface area contributed by atoms with Gasteiger partial charge in [0.05, 0.1) is 6.61 Å². The van der Waals surface area contributed by atoms with Crippen LogP contribution >= 0.6 is 0 Å². The smallest absolute Gasteiger partial charge is 0.0606 e. The zero-order valence-corrected chi connectivity index (χ0v) is 13.5. The van der Waals surface area contributed by atoms with Crippen molar-refractivity contribution < 1.29 is 5.11 Å². The Hall–Kier alpha value is -1.22. The maximum atomic E-state index is 9.10. The number of anilines is 2. The molecule has 2 atom stereocenters. The minimum absolute atomic E-state index is 0.202. The topological polar surface area (TPSA) is 35.5 Å². The molecule has 0 radical (unpaired) electrons. The van der Waals surface area contributed by atoms with Gasteiger partial charge in [0.25, 0.3) is 0 Å². The summed E-state index contributed by atoms with van der Waals surface area (Å²) in [5.74, 6) is 0.819. The van der Waals surface area contributed by atoms with Crippen molar-refractivity contribution in [2.24, 2.45) is 5.92 Å². The molecule has 0 aromatic heterocycles. The van der Waals surface area contributed by atoms with Gasteiger partial charge in [-0.3, -0.25) is 0 Å². The number of aliphatic hydroxyl groups is 1. The number of nitrogens with one attached hydrogen (secondary N) is 1. The third kappa shape index (κ3) is 4.37. The van der Waals surface area contributed by atoms with Crippen LogP contribution in [0.25, 0.3) is 0 Å². The number of hydrogen-bond acceptors (Lipinski definition) is 3. The summed E-state index contributed by atoms with van der Waals surface area (Å²) in [5.41, 5.74) is 2.41. The molecule has 0 bridgehead atoms. The second-order valence-corrected chi connectivity index (χ2v) is 6.05. The molecule has 3 nitrogen and oxygen atoms in total. The summed E-state index contributed by atoms with van der Waals surface area (Å²) < 4.78 is 0. The van der Waals surface area contributed by atoms with Crippen LogP contribution in [0.1, 0.15) is 46.0 Å². The fourth-order valence-corrected chi connectivity index (χ4v) is 3.46. The fraction of sp³-hybridized carbons (Fsp3) is 0.667. The number of nitrogens with zero attached hydrogens (tertiary/aromatic N) is 1. The Morgan fingerprint density at radius 1 is 1.14 bits per heavy atom. The van der Waals surface area contributed by atoms with E-state index in [2.05, 4.69) is 48.3 Å². The van der Waals surface area contributed by atoms with Gasteiger partial charge in [0.1, 0.15) is 0 Å². The first-order valence-electron chi connectivity index (χ1n) is 8.50. The maximum absolute atomic E-state index is 9.10. The van der Waals surface area contributed by atoms with E-state index in [1.54, 1.807) is 0 Å². The molecule has 1 aromatic carbocycles. The quantitative estimate of drug-likeness (QED) is 0.800. The first-order valence-corrected chi connectivity index (χ1v) is 8.50. The largest absolute Gasteiger partial charge is 0.395 e. The normalized spacial score (nSPS) is 22.0. The number of benzene rings is 1. The summed E-state index contributed by atoms with van der Waals surface area (Å²) in [6.45, 7) is 6.25. The van der Waals surface area contributed by atoms with Crippen molar-refractivity contribution in [3.8, 4) is 0 Å². The van der Waals surface area contributed by atoms with Crippen molar-refractivity contribution >= 4 is 11.4 Å². The lowest BCUT2D eigenvalue weighted by Gasteiger charge is -2.32. The third-order valence-electron chi connectivity index (χ3n) is 4.77. The lowest BCUT2D eigenvalue weighted by Crippen LogP contribution is -2.31. The van der Waals surface area contributed by atoms with E-state index < -0.39 is 0 Å². The molecule has 21 heavy (non-hydrogen) atoms. The summed E-state index contributed by atoms with van der Waals surface area (Å²) in [5, 5.41) is 12.8. The second kappa shape index (κ2) is 8.28. The molecule has 0 heterocycles. The summed E-state index contributed by atoms with van der Waals surface area (Å²) in [6.07, 6.45) is 6.68. The minimum Gasteiger partial charge on any atom is -0.395 e. The molecular formula is C18H30N2O. The van der Waals surface area contributed by atoms with E-state index in [4.69, 9.17) is 5.11 Å². The van der Waals surface area contributed by atoms with Crippen LogP contribution in [0, 0.1) is 5.92 Å². The Morgan fingerprint density at radius 3 is 2.48 bits per heavy atom. The fourth-order valence-electron chi connectivity index (χ4n) is 3.46. The molecule has 1 saturated carbocycles. The van der Waals surface area contributed by atoms with E-state index in [0.29, 0.717) is 12.6 Å². The molecule has 2 rings (SSSR count). The van der Waals surface area contributed by atoms with Gasteiger partial charge in [0, 0.05) is 30.5 Å². The highest BCUT2D eigenvalue weighted by molar-refractivity contribution is 5.55. The van der Waals surface area contributed by atoms with Crippen molar-refractivity contribution in [2.75, 3.05) is 29.9 Å². The average molecular weight is 290 g/mol. The predicted molar refractivity (Wildman–Crippen MR) is 91.1 cm³/mol. The molecule has 1 aromatic rings. The molecule has 0 amide bonds. The summed E-state index contributed by atoms with van der Waals surface area (Å²) in [4.78, 5) is 2.19. The Kier molecular flexibility index (Phi) is 6.37. The van der Waals surface area contributed by atoms with Gasteiger partial charge in [-0.25, -0.2) is 0 Å². The van der Waals surface area contributed by atoms with E-state index in [-0.39, 0.29) is 6.61 Å². The standard InChI is InChI=1S/C18H30N2O/c1-3-15-7-5-6-8-18(15)19-16-9-11-17(12-10-16)20(4-2)13-14-21/h9-12,15,18-19,21H,3-8,13-14H2,1-2H3.